The minimum absolute atomic E-state index is 0.0166. The summed E-state index contributed by atoms with van der Waals surface area (Å²) in [5, 5.41) is 0.899. The molecule has 0 bridgehead atoms. The van der Waals surface area contributed by atoms with Crippen LogP contribution >= 0.6 is 0 Å². The van der Waals surface area contributed by atoms with Gasteiger partial charge in [0.15, 0.2) is 0 Å². The highest BCUT2D eigenvalue weighted by Gasteiger charge is 2.15. The Morgan fingerprint density at radius 3 is 2.70 bits per heavy atom. The number of methoxy groups -OCH3 is 2. The molecule has 6 nitrogen and oxygen atoms in total. The summed E-state index contributed by atoms with van der Waals surface area (Å²) in [4.78, 5) is 28.8. The minimum Gasteiger partial charge on any atom is -0.497 e. The number of aromatic amines is 1. The van der Waals surface area contributed by atoms with Gasteiger partial charge in [-0.3, -0.25) is 9.59 Å². The lowest BCUT2D eigenvalue weighted by atomic mass is 10.1. The maximum absolute atomic E-state index is 12.3. The summed E-state index contributed by atoms with van der Waals surface area (Å²) >= 11 is 0. The number of nitrogens with zero attached hydrogens (tertiary/aromatic N) is 1. The van der Waals surface area contributed by atoms with Crippen LogP contribution in [0.1, 0.15) is 18.9 Å². The number of amides is 1. The van der Waals surface area contributed by atoms with Crippen molar-refractivity contribution in [3.63, 3.8) is 0 Å². The number of benzene rings is 1. The van der Waals surface area contributed by atoms with Gasteiger partial charge in [0.25, 0.3) is 5.56 Å². The van der Waals surface area contributed by atoms with Crippen molar-refractivity contribution < 1.29 is 14.3 Å². The van der Waals surface area contributed by atoms with Gasteiger partial charge in [0, 0.05) is 25.3 Å². The first-order chi connectivity index (χ1) is 11.1. The highest BCUT2D eigenvalue weighted by atomic mass is 16.5. The first-order valence-corrected chi connectivity index (χ1v) is 7.55. The van der Waals surface area contributed by atoms with Gasteiger partial charge in [0.05, 0.1) is 19.2 Å². The largest absolute Gasteiger partial charge is 0.497 e. The van der Waals surface area contributed by atoms with Gasteiger partial charge in [-0.2, -0.15) is 0 Å². The molecule has 0 spiro atoms. The Bertz CT molecular complexity index is 739. The van der Waals surface area contributed by atoms with Gasteiger partial charge in [-0.25, -0.2) is 0 Å². The van der Waals surface area contributed by atoms with Crippen LogP contribution in [0, 0.1) is 0 Å². The van der Waals surface area contributed by atoms with Gasteiger partial charge >= 0.3 is 0 Å². The quantitative estimate of drug-likeness (QED) is 0.846. The lowest BCUT2D eigenvalue weighted by molar-refractivity contribution is -0.135. The molecule has 0 atom stereocenters. The van der Waals surface area contributed by atoms with E-state index in [2.05, 4.69) is 4.98 Å². The number of fused-ring (bicyclic) bond motifs is 1. The first kappa shape index (κ1) is 17.0. The molecule has 0 saturated carbocycles. The molecule has 1 amide bonds. The molecular weight excluding hydrogens is 296 g/mol. The second-order valence-electron chi connectivity index (χ2n) is 5.33. The highest BCUT2D eigenvalue weighted by molar-refractivity contribution is 5.81. The molecule has 124 valence electrons. The van der Waals surface area contributed by atoms with Crippen molar-refractivity contribution in [3.05, 3.63) is 40.2 Å². The summed E-state index contributed by atoms with van der Waals surface area (Å²) in [5.41, 5.74) is 1.07. The van der Waals surface area contributed by atoms with Gasteiger partial charge in [0.1, 0.15) is 12.4 Å². The summed E-state index contributed by atoms with van der Waals surface area (Å²) < 4.78 is 10.1. The lowest BCUT2D eigenvalue weighted by Gasteiger charge is -2.21. The molecule has 0 fully saturated rings. The van der Waals surface area contributed by atoms with E-state index < -0.39 is 0 Å². The summed E-state index contributed by atoms with van der Waals surface area (Å²) in [6, 6.07) is 7.32. The van der Waals surface area contributed by atoms with Gasteiger partial charge in [-0.1, -0.05) is 6.92 Å². The number of H-pyrrole nitrogens is 1. The molecule has 23 heavy (non-hydrogen) atoms. The lowest BCUT2D eigenvalue weighted by Crippen LogP contribution is -2.35. The SMILES string of the molecule is CCCN(Cc1cc2ccc(OC)cc2[nH]c1=O)C(=O)COC. The number of hydrogen-bond donors (Lipinski definition) is 1. The van der Waals surface area contributed by atoms with E-state index in [0.29, 0.717) is 23.4 Å². The predicted octanol–water partition coefficient (Wildman–Crippen LogP) is 1.92. The highest BCUT2D eigenvalue weighted by Crippen LogP contribution is 2.19. The van der Waals surface area contributed by atoms with E-state index in [1.165, 1.54) is 7.11 Å². The average Bonchev–Trinajstić information content (AvgIpc) is 2.54. The topological polar surface area (TPSA) is 71.6 Å². The summed E-state index contributed by atoms with van der Waals surface area (Å²) in [6.07, 6.45) is 0.818. The third kappa shape index (κ3) is 4.10. The molecule has 6 heteroatoms. The zero-order chi connectivity index (χ0) is 16.8. The average molecular weight is 318 g/mol. The Hall–Kier alpha value is -2.34. The van der Waals surface area contributed by atoms with E-state index in [9.17, 15) is 9.59 Å². The molecule has 0 radical (unpaired) electrons. The van der Waals surface area contributed by atoms with Crippen LogP contribution < -0.4 is 10.3 Å². The van der Waals surface area contributed by atoms with E-state index in [4.69, 9.17) is 9.47 Å². The molecule has 0 unspecified atom stereocenters. The van der Waals surface area contributed by atoms with Crippen LogP contribution in [0.15, 0.2) is 29.1 Å². The third-order valence-electron chi connectivity index (χ3n) is 3.61. The van der Waals surface area contributed by atoms with Gasteiger partial charge in [-0.05, 0) is 30.0 Å². The van der Waals surface area contributed by atoms with Crippen LogP contribution in [0.5, 0.6) is 5.75 Å². The van der Waals surface area contributed by atoms with Crippen molar-refractivity contribution >= 4 is 16.8 Å². The van der Waals surface area contributed by atoms with Crippen molar-refractivity contribution in [1.29, 1.82) is 0 Å². The van der Waals surface area contributed by atoms with Gasteiger partial charge in [-0.15, -0.1) is 0 Å². The summed E-state index contributed by atoms with van der Waals surface area (Å²) in [6.45, 7) is 2.86. The Kier molecular flexibility index (Phi) is 5.76. The Morgan fingerprint density at radius 1 is 1.26 bits per heavy atom. The number of pyridine rings is 1. The zero-order valence-electron chi connectivity index (χ0n) is 13.7. The number of ether oxygens (including phenoxy) is 2. The molecule has 0 aliphatic rings. The van der Waals surface area contributed by atoms with Gasteiger partial charge < -0.3 is 19.4 Å². The fraction of sp³-hybridized carbons (Fsp3) is 0.412. The standard InChI is InChI=1S/C17H22N2O4/c1-4-7-19(16(20)11-22-2)10-13-8-12-5-6-14(23-3)9-15(12)18-17(13)21/h5-6,8-9H,4,7,10-11H2,1-3H3,(H,18,21). The number of rotatable bonds is 7. The van der Waals surface area contributed by atoms with Crippen LogP contribution in [-0.4, -0.2) is 43.2 Å². The Labute approximate surface area is 135 Å². The number of carbonyl (C=O) groups excluding carboxylic acids is 1. The van der Waals surface area contributed by atoms with Crippen molar-refractivity contribution in [1.82, 2.24) is 9.88 Å². The predicted molar refractivity (Wildman–Crippen MR) is 88.7 cm³/mol. The van der Waals surface area contributed by atoms with Crippen molar-refractivity contribution in [2.75, 3.05) is 27.4 Å². The number of carbonyl (C=O) groups is 1. The van der Waals surface area contributed by atoms with Crippen molar-refractivity contribution in [2.45, 2.75) is 19.9 Å². The second-order valence-corrected chi connectivity index (χ2v) is 5.33. The third-order valence-corrected chi connectivity index (χ3v) is 3.61. The van der Waals surface area contributed by atoms with E-state index in [-0.39, 0.29) is 24.6 Å². The van der Waals surface area contributed by atoms with Crippen LogP contribution in [0.25, 0.3) is 10.9 Å². The van der Waals surface area contributed by atoms with E-state index in [1.807, 2.05) is 25.1 Å². The fourth-order valence-electron chi connectivity index (χ4n) is 2.45. The summed E-state index contributed by atoms with van der Waals surface area (Å²) in [5.74, 6) is 0.562. The van der Waals surface area contributed by atoms with Crippen molar-refractivity contribution in [3.8, 4) is 5.75 Å². The van der Waals surface area contributed by atoms with E-state index in [1.54, 1.807) is 18.1 Å². The molecular formula is C17H22N2O4. The summed E-state index contributed by atoms with van der Waals surface area (Å²) in [7, 11) is 3.07. The molecule has 1 heterocycles. The molecule has 1 N–H and O–H groups in total. The van der Waals surface area contributed by atoms with Crippen LogP contribution in [-0.2, 0) is 16.1 Å². The van der Waals surface area contributed by atoms with Crippen LogP contribution in [0.3, 0.4) is 0 Å². The molecule has 0 aliphatic carbocycles. The maximum atomic E-state index is 12.3. The van der Waals surface area contributed by atoms with Crippen molar-refractivity contribution in [2.24, 2.45) is 0 Å². The Morgan fingerprint density at radius 2 is 2.04 bits per heavy atom. The minimum atomic E-state index is -0.197. The molecule has 0 saturated heterocycles. The number of aromatic nitrogens is 1. The molecule has 1 aromatic carbocycles. The van der Waals surface area contributed by atoms with Crippen LogP contribution in [0.4, 0.5) is 0 Å². The monoisotopic (exact) mass is 318 g/mol. The second kappa shape index (κ2) is 7.78. The molecule has 1 aromatic heterocycles. The fourth-order valence-corrected chi connectivity index (χ4v) is 2.45. The molecule has 2 rings (SSSR count). The number of nitrogens with one attached hydrogen (secondary N) is 1. The molecule has 0 aliphatic heterocycles. The van der Waals surface area contributed by atoms with E-state index in [0.717, 1.165) is 11.8 Å². The first-order valence-electron chi connectivity index (χ1n) is 7.55. The molecule has 2 aromatic rings. The smallest absolute Gasteiger partial charge is 0.253 e. The van der Waals surface area contributed by atoms with Gasteiger partial charge in [0.2, 0.25) is 5.91 Å². The Balaban J connectivity index is 2.32. The normalized spacial score (nSPS) is 10.7. The van der Waals surface area contributed by atoms with Crippen LogP contribution in [0.2, 0.25) is 0 Å². The number of hydrogen-bond acceptors (Lipinski definition) is 4. The van der Waals surface area contributed by atoms with E-state index >= 15 is 0 Å². The maximum Gasteiger partial charge on any atom is 0.253 e. The zero-order valence-corrected chi connectivity index (χ0v) is 13.7.